The van der Waals surface area contributed by atoms with Crippen molar-refractivity contribution in [2.45, 2.75) is 25.7 Å². The molecule has 1 heterocycles. The van der Waals surface area contributed by atoms with Crippen molar-refractivity contribution in [3.05, 3.63) is 23.9 Å². The number of rotatable bonds is 15. The number of anilines is 1. The number of nitrogens with one attached hydrogen (secondary N) is 5. The summed E-state index contributed by atoms with van der Waals surface area (Å²) in [6.07, 6.45) is 4.28. The topological polar surface area (TPSA) is 153 Å². The van der Waals surface area contributed by atoms with Gasteiger partial charge < -0.3 is 26.8 Å². The Bertz CT molecular complexity index is 540. The molecule has 0 aromatic carbocycles. The monoisotopic (exact) mass is 381 g/mol. The summed E-state index contributed by atoms with van der Waals surface area (Å²) < 4.78 is 0. The Hall–Kier alpha value is -2.43. The van der Waals surface area contributed by atoms with Gasteiger partial charge in [-0.1, -0.05) is 0 Å². The average Bonchev–Trinajstić information content (AvgIpc) is 2.67. The molecule has 1 aromatic heterocycles. The molecule has 0 aliphatic heterocycles. The number of hydrazine groups is 1. The van der Waals surface area contributed by atoms with Gasteiger partial charge in [0.1, 0.15) is 5.82 Å². The third kappa shape index (κ3) is 11.7. The number of carbonyl (C=O) groups excluding carboxylic acids is 1. The number of amides is 2. The standard InChI is InChI=1S/C17H31N7O3/c18-7-3-10-19-8-1-2-9-20-11-4-12-21-16(25)14-5-6-15(22-13-14)23-24-17(26)27/h5-6,13,19-20,24H,1-4,7-12,18H2,(H,21,25)(H,22,23)(H,26,27). The molecule has 10 heteroatoms. The fraction of sp³-hybridized carbons (Fsp3) is 0.588. The third-order valence-electron chi connectivity index (χ3n) is 3.65. The number of pyridine rings is 1. The van der Waals surface area contributed by atoms with Crippen LogP contribution in [0, 0.1) is 0 Å². The number of hydrogen-bond acceptors (Lipinski definition) is 7. The molecule has 2 amide bonds. The van der Waals surface area contributed by atoms with Crippen LogP contribution in [-0.2, 0) is 0 Å². The quantitative estimate of drug-likeness (QED) is 0.167. The number of carbonyl (C=O) groups is 2. The summed E-state index contributed by atoms with van der Waals surface area (Å²) in [6, 6.07) is 3.10. The first kappa shape index (κ1) is 22.6. The summed E-state index contributed by atoms with van der Waals surface area (Å²) in [5.41, 5.74) is 10.2. The number of nitrogens with two attached hydrogens (primary N) is 1. The second kappa shape index (κ2) is 14.7. The summed E-state index contributed by atoms with van der Waals surface area (Å²) in [5.74, 6) is 0.108. The molecular formula is C17H31N7O3. The first-order valence-corrected chi connectivity index (χ1v) is 9.24. The van der Waals surface area contributed by atoms with Gasteiger partial charge in [0.15, 0.2) is 0 Å². The molecule has 0 fully saturated rings. The van der Waals surface area contributed by atoms with Gasteiger partial charge in [0, 0.05) is 12.7 Å². The molecule has 0 bridgehead atoms. The van der Waals surface area contributed by atoms with Crippen LogP contribution < -0.4 is 32.5 Å². The molecule has 27 heavy (non-hydrogen) atoms. The van der Waals surface area contributed by atoms with Crippen molar-refractivity contribution in [1.82, 2.24) is 26.4 Å². The van der Waals surface area contributed by atoms with Gasteiger partial charge in [-0.15, -0.1) is 0 Å². The minimum absolute atomic E-state index is 0.205. The van der Waals surface area contributed by atoms with Crippen LogP contribution in [0.25, 0.3) is 0 Å². The summed E-state index contributed by atoms with van der Waals surface area (Å²) in [6.45, 7) is 5.13. The van der Waals surface area contributed by atoms with Crippen LogP contribution in [-0.4, -0.2) is 61.4 Å². The van der Waals surface area contributed by atoms with Crippen LogP contribution in [0.1, 0.15) is 36.0 Å². The van der Waals surface area contributed by atoms with E-state index < -0.39 is 6.09 Å². The molecule has 8 N–H and O–H groups in total. The zero-order valence-corrected chi connectivity index (χ0v) is 15.6. The van der Waals surface area contributed by atoms with Crippen LogP contribution in [0.3, 0.4) is 0 Å². The summed E-state index contributed by atoms with van der Waals surface area (Å²) in [7, 11) is 0. The molecule has 0 spiro atoms. The maximum atomic E-state index is 12.0. The smallest absolute Gasteiger partial charge is 0.423 e. The first-order valence-electron chi connectivity index (χ1n) is 9.24. The summed E-state index contributed by atoms with van der Waals surface area (Å²) >= 11 is 0. The van der Waals surface area contributed by atoms with Crippen molar-refractivity contribution in [2.24, 2.45) is 5.73 Å². The largest absolute Gasteiger partial charge is 0.464 e. The van der Waals surface area contributed by atoms with Crippen LogP contribution in [0.15, 0.2) is 18.3 Å². The lowest BCUT2D eigenvalue weighted by Crippen LogP contribution is -2.29. The number of hydrogen-bond donors (Lipinski definition) is 7. The highest BCUT2D eigenvalue weighted by molar-refractivity contribution is 5.94. The van der Waals surface area contributed by atoms with Crippen molar-refractivity contribution in [3.8, 4) is 0 Å². The minimum atomic E-state index is -1.22. The molecular weight excluding hydrogens is 350 g/mol. The Morgan fingerprint density at radius 1 is 0.963 bits per heavy atom. The molecule has 0 aliphatic carbocycles. The van der Waals surface area contributed by atoms with Crippen molar-refractivity contribution in [1.29, 1.82) is 0 Å². The molecule has 0 radical (unpaired) electrons. The van der Waals surface area contributed by atoms with Gasteiger partial charge in [-0.25, -0.2) is 15.2 Å². The van der Waals surface area contributed by atoms with Crippen molar-refractivity contribution >= 4 is 17.8 Å². The SMILES string of the molecule is NCCCNCCCCNCCCNC(=O)c1ccc(NNC(=O)O)nc1. The number of unbranched alkanes of at least 4 members (excludes halogenated alkanes) is 1. The maximum absolute atomic E-state index is 12.0. The Balaban J connectivity index is 2.01. The molecule has 1 rings (SSSR count). The Morgan fingerprint density at radius 3 is 2.22 bits per heavy atom. The van der Waals surface area contributed by atoms with Crippen LogP contribution in [0.5, 0.6) is 0 Å². The van der Waals surface area contributed by atoms with E-state index in [1.807, 2.05) is 5.43 Å². The van der Waals surface area contributed by atoms with Gasteiger partial charge in [-0.3, -0.25) is 10.2 Å². The Kier molecular flexibility index (Phi) is 12.3. The minimum Gasteiger partial charge on any atom is -0.464 e. The second-order valence-electron chi connectivity index (χ2n) is 5.95. The van der Waals surface area contributed by atoms with Crippen LogP contribution >= 0.6 is 0 Å². The normalized spacial score (nSPS) is 10.4. The highest BCUT2D eigenvalue weighted by Gasteiger charge is 2.05. The van der Waals surface area contributed by atoms with Crippen molar-refractivity contribution in [2.75, 3.05) is 44.7 Å². The van der Waals surface area contributed by atoms with Gasteiger partial charge in [-0.05, 0) is 70.5 Å². The maximum Gasteiger partial charge on any atom is 0.423 e. The van der Waals surface area contributed by atoms with Crippen LogP contribution in [0.4, 0.5) is 10.6 Å². The molecule has 0 atom stereocenters. The van der Waals surface area contributed by atoms with E-state index in [9.17, 15) is 9.59 Å². The van der Waals surface area contributed by atoms with Gasteiger partial charge in [0.05, 0.1) is 5.56 Å². The van der Waals surface area contributed by atoms with Gasteiger partial charge >= 0.3 is 6.09 Å². The predicted molar refractivity (Wildman–Crippen MR) is 105 cm³/mol. The second-order valence-corrected chi connectivity index (χ2v) is 5.95. The lowest BCUT2D eigenvalue weighted by atomic mass is 10.2. The third-order valence-corrected chi connectivity index (χ3v) is 3.65. The van der Waals surface area contributed by atoms with E-state index in [2.05, 4.69) is 26.4 Å². The number of nitrogens with zero attached hydrogens (tertiary/aromatic N) is 1. The number of carboxylic acid groups (broad SMARTS) is 1. The average molecular weight is 381 g/mol. The summed E-state index contributed by atoms with van der Waals surface area (Å²) in [4.78, 5) is 26.3. The van der Waals surface area contributed by atoms with E-state index in [1.165, 1.54) is 12.3 Å². The zero-order valence-electron chi connectivity index (χ0n) is 15.6. The highest BCUT2D eigenvalue weighted by atomic mass is 16.4. The fourth-order valence-electron chi connectivity index (χ4n) is 2.21. The lowest BCUT2D eigenvalue weighted by molar-refractivity contribution is 0.0953. The highest BCUT2D eigenvalue weighted by Crippen LogP contribution is 2.03. The van der Waals surface area contributed by atoms with E-state index in [0.29, 0.717) is 17.9 Å². The molecule has 152 valence electrons. The van der Waals surface area contributed by atoms with Gasteiger partial charge in [0.25, 0.3) is 5.91 Å². The van der Waals surface area contributed by atoms with Crippen molar-refractivity contribution in [3.63, 3.8) is 0 Å². The number of aromatic nitrogens is 1. The Labute approximate surface area is 159 Å². The molecule has 0 saturated carbocycles. The predicted octanol–water partition coefficient (Wildman–Crippen LogP) is 0.104. The molecule has 0 unspecified atom stereocenters. The molecule has 0 saturated heterocycles. The van der Waals surface area contributed by atoms with E-state index in [1.54, 1.807) is 6.07 Å². The van der Waals surface area contributed by atoms with E-state index in [-0.39, 0.29) is 5.91 Å². The van der Waals surface area contributed by atoms with E-state index >= 15 is 0 Å². The molecule has 1 aromatic rings. The fourth-order valence-corrected chi connectivity index (χ4v) is 2.21. The zero-order chi connectivity index (χ0) is 19.7. The van der Waals surface area contributed by atoms with Gasteiger partial charge in [-0.2, -0.15) is 0 Å². The van der Waals surface area contributed by atoms with E-state index in [0.717, 1.165) is 58.4 Å². The molecule has 0 aliphatic rings. The van der Waals surface area contributed by atoms with E-state index in [4.69, 9.17) is 10.8 Å². The summed E-state index contributed by atoms with van der Waals surface area (Å²) in [5, 5.41) is 18.0. The molecule has 10 nitrogen and oxygen atoms in total. The Morgan fingerprint density at radius 2 is 1.63 bits per heavy atom. The lowest BCUT2D eigenvalue weighted by Gasteiger charge is -2.08. The first-order chi connectivity index (χ1) is 13.1. The van der Waals surface area contributed by atoms with Crippen LogP contribution in [0.2, 0.25) is 0 Å². The van der Waals surface area contributed by atoms with Gasteiger partial charge in [0.2, 0.25) is 0 Å². The van der Waals surface area contributed by atoms with Crippen molar-refractivity contribution < 1.29 is 14.7 Å².